The monoisotopic (exact) mass is 517 g/mol. The average Bonchev–Trinajstić information content (AvgIpc) is 3.46. The van der Waals surface area contributed by atoms with Gasteiger partial charge in [0.05, 0.1) is 25.3 Å². The van der Waals surface area contributed by atoms with Gasteiger partial charge >= 0.3 is 6.18 Å². The molecule has 3 atom stereocenters. The number of primary amides is 1. The van der Waals surface area contributed by atoms with E-state index in [0.717, 1.165) is 5.01 Å². The van der Waals surface area contributed by atoms with Crippen molar-refractivity contribution in [3.05, 3.63) is 65.7 Å². The molecule has 10 nitrogen and oxygen atoms in total. The Balaban J connectivity index is 1.61. The summed E-state index contributed by atoms with van der Waals surface area (Å²) in [4.78, 5) is 29.3. The number of halogens is 3. The lowest BCUT2D eigenvalue weighted by atomic mass is 9.89. The van der Waals surface area contributed by atoms with E-state index in [4.69, 9.17) is 19.6 Å². The van der Waals surface area contributed by atoms with Gasteiger partial charge < -0.3 is 24.9 Å². The first-order valence-electron chi connectivity index (χ1n) is 11.2. The van der Waals surface area contributed by atoms with Crippen molar-refractivity contribution in [2.45, 2.75) is 24.3 Å². The van der Waals surface area contributed by atoms with Crippen LogP contribution in [-0.4, -0.2) is 60.5 Å². The second-order valence-electron chi connectivity index (χ2n) is 8.49. The molecule has 0 radical (unpaired) electrons. The summed E-state index contributed by atoms with van der Waals surface area (Å²) in [5.74, 6) is -2.52. The highest BCUT2D eigenvalue weighted by Gasteiger charge is 2.58. The fraction of sp³-hybridized carbons (Fsp3) is 0.292. The highest BCUT2D eigenvalue weighted by molar-refractivity contribution is 6.20. The topological polar surface area (TPSA) is 132 Å². The number of nitrogens with one attached hydrogen (secondary N) is 2. The zero-order valence-electron chi connectivity index (χ0n) is 19.4. The van der Waals surface area contributed by atoms with Crippen molar-refractivity contribution < 1.29 is 36.7 Å². The number of nitrogens with two attached hydrogens (primary N) is 1. The standard InChI is InChI=1S/C24H22F3N5O5/c1-35-14-8-5-9-15-19(14)30-22(37-15)18-13(10-36-11-16(28)33)29-21-17(12-6-3-2-4-7-12)20(24(25,26)27)31-32(21)23(18)34/h2-9,17,20-21,29,31H,10-11H2,1H3,(H2,28,33). The molecule has 1 fully saturated rings. The van der Waals surface area contributed by atoms with Gasteiger partial charge in [-0.15, -0.1) is 0 Å². The van der Waals surface area contributed by atoms with Gasteiger partial charge in [0.2, 0.25) is 11.8 Å². The van der Waals surface area contributed by atoms with E-state index in [9.17, 15) is 22.8 Å². The Bertz CT molecular complexity index is 1370. The molecule has 2 amide bonds. The third-order valence-corrected chi connectivity index (χ3v) is 6.16. The normalized spacial score (nSPS) is 21.8. The molecule has 194 valence electrons. The Hall–Kier alpha value is -4.10. The van der Waals surface area contributed by atoms with E-state index < -0.39 is 42.7 Å². The summed E-state index contributed by atoms with van der Waals surface area (Å²) in [5.41, 5.74) is 8.44. The number of oxazole rings is 1. The average molecular weight is 517 g/mol. The molecule has 1 saturated heterocycles. The minimum Gasteiger partial charge on any atom is -0.494 e. The molecular weight excluding hydrogens is 495 g/mol. The van der Waals surface area contributed by atoms with E-state index in [2.05, 4.69) is 15.7 Å². The summed E-state index contributed by atoms with van der Waals surface area (Å²) in [6.07, 6.45) is -5.80. The maximum absolute atomic E-state index is 14.1. The first-order valence-corrected chi connectivity index (χ1v) is 11.2. The van der Waals surface area contributed by atoms with Crippen LogP contribution in [0.25, 0.3) is 16.7 Å². The number of rotatable bonds is 7. The number of fused-ring (bicyclic) bond motifs is 2. The first-order chi connectivity index (χ1) is 17.7. The number of nitrogens with zero attached hydrogens (tertiary/aromatic N) is 2. The van der Waals surface area contributed by atoms with Crippen molar-refractivity contribution in [3.8, 4) is 5.75 Å². The van der Waals surface area contributed by atoms with Crippen molar-refractivity contribution in [1.29, 1.82) is 0 Å². The Morgan fingerprint density at radius 3 is 2.62 bits per heavy atom. The Morgan fingerprint density at radius 1 is 1.19 bits per heavy atom. The number of hydrogen-bond donors (Lipinski definition) is 3. The van der Waals surface area contributed by atoms with E-state index in [1.165, 1.54) is 7.11 Å². The Kier molecular flexibility index (Phi) is 6.25. The number of aromatic nitrogens is 1. The molecule has 13 heteroatoms. The lowest BCUT2D eigenvalue weighted by Gasteiger charge is -2.35. The zero-order valence-corrected chi connectivity index (χ0v) is 19.4. The molecule has 3 unspecified atom stereocenters. The fourth-order valence-corrected chi connectivity index (χ4v) is 4.60. The van der Waals surface area contributed by atoms with Gasteiger partial charge in [-0.25, -0.2) is 15.4 Å². The van der Waals surface area contributed by atoms with Crippen LogP contribution in [0.5, 0.6) is 5.75 Å². The first kappa shape index (κ1) is 24.6. The highest BCUT2D eigenvalue weighted by atomic mass is 19.4. The number of benzene rings is 2. The predicted molar refractivity (Wildman–Crippen MR) is 123 cm³/mol. The van der Waals surface area contributed by atoms with Crippen LogP contribution in [0.3, 0.4) is 0 Å². The van der Waals surface area contributed by atoms with E-state index in [1.807, 2.05) is 0 Å². The lowest BCUT2D eigenvalue weighted by Crippen LogP contribution is -2.55. The second-order valence-corrected chi connectivity index (χ2v) is 8.49. The highest BCUT2D eigenvalue weighted by Crippen LogP contribution is 2.43. The van der Waals surface area contributed by atoms with Crippen LogP contribution in [0.15, 0.2) is 58.6 Å². The van der Waals surface area contributed by atoms with Crippen LogP contribution in [0.2, 0.25) is 0 Å². The zero-order chi connectivity index (χ0) is 26.3. The van der Waals surface area contributed by atoms with Crippen molar-refractivity contribution in [2.75, 3.05) is 20.3 Å². The van der Waals surface area contributed by atoms with E-state index in [-0.39, 0.29) is 23.8 Å². The summed E-state index contributed by atoms with van der Waals surface area (Å²) in [5, 5.41) is 3.90. The van der Waals surface area contributed by atoms with Gasteiger partial charge in [0.15, 0.2) is 11.1 Å². The summed E-state index contributed by atoms with van der Waals surface area (Å²) in [7, 11) is 1.44. The molecule has 3 heterocycles. The molecule has 0 aliphatic carbocycles. The summed E-state index contributed by atoms with van der Waals surface area (Å²) >= 11 is 0. The largest absolute Gasteiger partial charge is 0.494 e. The summed E-state index contributed by atoms with van der Waals surface area (Å²) < 4.78 is 58.8. The fourth-order valence-electron chi connectivity index (χ4n) is 4.60. The molecule has 37 heavy (non-hydrogen) atoms. The van der Waals surface area contributed by atoms with Crippen LogP contribution >= 0.6 is 0 Å². The number of para-hydroxylation sites is 1. The van der Waals surface area contributed by atoms with Crippen LogP contribution in [0.4, 0.5) is 13.2 Å². The van der Waals surface area contributed by atoms with Gasteiger partial charge in [0.1, 0.15) is 30.1 Å². The summed E-state index contributed by atoms with van der Waals surface area (Å²) in [6, 6.07) is 10.9. The van der Waals surface area contributed by atoms with Gasteiger partial charge in [-0.3, -0.25) is 9.59 Å². The van der Waals surface area contributed by atoms with E-state index >= 15 is 0 Å². The maximum Gasteiger partial charge on any atom is 0.406 e. The molecule has 0 bridgehead atoms. The van der Waals surface area contributed by atoms with Crippen LogP contribution in [0, 0.1) is 0 Å². The molecule has 3 aromatic rings. The predicted octanol–water partition coefficient (Wildman–Crippen LogP) is 2.04. The quantitative estimate of drug-likeness (QED) is 0.434. The number of hydrogen-bond acceptors (Lipinski definition) is 8. The van der Waals surface area contributed by atoms with Gasteiger partial charge in [-0.2, -0.15) is 13.2 Å². The summed E-state index contributed by atoms with van der Waals surface area (Å²) in [6.45, 7) is -0.795. The smallest absolute Gasteiger partial charge is 0.406 e. The Morgan fingerprint density at radius 2 is 1.95 bits per heavy atom. The van der Waals surface area contributed by atoms with E-state index in [0.29, 0.717) is 22.4 Å². The van der Waals surface area contributed by atoms with Gasteiger partial charge in [0.25, 0.3) is 5.91 Å². The molecule has 5 rings (SSSR count). The van der Waals surface area contributed by atoms with Crippen molar-refractivity contribution in [2.24, 2.45) is 5.73 Å². The molecule has 2 aliphatic heterocycles. The number of hydrazine groups is 1. The lowest BCUT2D eigenvalue weighted by molar-refractivity contribution is -0.161. The SMILES string of the molecule is COc1cccc2oc(C3=C(COCC(N)=O)NC4C(c5ccccc5)C(C(F)(F)F)NN4C3=O)nc12. The molecule has 0 spiro atoms. The number of methoxy groups -OCH3 is 1. The van der Waals surface area contributed by atoms with Crippen LogP contribution in [-0.2, 0) is 14.3 Å². The minimum absolute atomic E-state index is 0.101. The van der Waals surface area contributed by atoms with Crippen molar-refractivity contribution in [3.63, 3.8) is 0 Å². The number of amides is 2. The molecule has 0 saturated carbocycles. The van der Waals surface area contributed by atoms with Gasteiger partial charge in [-0.1, -0.05) is 36.4 Å². The number of ether oxygens (including phenoxy) is 2. The molecule has 2 aliphatic rings. The van der Waals surface area contributed by atoms with Crippen LogP contribution < -0.4 is 21.2 Å². The third-order valence-electron chi connectivity index (χ3n) is 6.16. The van der Waals surface area contributed by atoms with Crippen LogP contribution in [0.1, 0.15) is 17.4 Å². The maximum atomic E-state index is 14.1. The molecule has 1 aromatic heterocycles. The molecular formula is C24H22F3N5O5. The van der Waals surface area contributed by atoms with Crippen molar-refractivity contribution in [1.82, 2.24) is 20.7 Å². The minimum atomic E-state index is -4.67. The molecule has 2 aromatic carbocycles. The molecule has 4 N–H and O–H groups in total. The van der Waals surface area contributed by atoms with Gasteiger partial charge in [-0.05, 0) is 17.7 Å². The Labute approximate surface area is 208 Å². The second kappa shape index (κ2) is 9.41. The number of alkyl halides is 3. The number of carbonyl (C=O) groups is 2. The van der Waals surface area contributed by atoms with Crippen molar-refractivity contribution >= 4 is 28.5 Å². The van der Waals surface area contributed by atoms with E-state index in [1.54, 1.807) is 48.5 Å². The van der Waals surface area contributed by atoms with Gasteiger partial charge in [0, 0.05) is 0 Å². The third kappa shape index (κ3) is 4.47. The number of carbonyl (C=O) groups excluding carboxylic acids is 2.